The molecule has 0 radical (unpaired) electrons. The normalized spacial score (nSPS) is 10.9. The average Bonchev–Trinajstić information content (AvgIpc) is 2.31. The molecule has 2 N–H and O–H groups in total. The molecule has 0 saturated heterocycles. The fraction of sp³-hybridized carbons (Fsp3) is 1.00. The quantitative estimate of drug-likeness (QED) is 0.465. The van der Waals surface area contributed by atoms with Crippen molar-refractivity contribution in [2.75, 3.05) is 52.6 Å². The zero-order chi connectivity index (χ0) is 11.9. The van der Waals surface area contributed by atoms with Gasteiger partial charge in [0.1, 0.15) is 0 Å². The van der Waals surface area contributed by atoms with Gasteiger partial charge in [0.25, 0.3) is 0 Å². The fourth-order valence-corrected chi connectivity index (χ4v) is 1.21. The summed E-state index contributed by atoms with van der Waals surface area (Å²) in [6.07, 6.45) is 2.19. The monoisotopic (exact) mass is 232 g/mol. The summed E-state index contributed by atoms with van der Waals surface area (Å²) in [6, 6.07) is 0. The lowest BCUT2D eigenvalue weighted by atomic mass is 10.5. The molecule has 0 fully saturated rings. The molecular formula is C12H28N2O2. The molecule has 0 aromatic rings. The van der Waals surface area contributed by atoms with E-state index in [4.69, 9.17) is 9.47 Å². The van der Waals surface area contributed by atoms with Crippen LogP contribution in [0.2, 0.25) is 0 Å². The van der Waals surface area contributed by atoms with Gasteiger partial charge in [-0.15, -0.1) is 0 Å². The van der Waals surface area contributed by atoms with Crippen molar-refractivity contribution in [2.45, 2.75) is 26.7 Å². The van der Waals surface area contributed by atoms with Crippen molar-refractivity contribution in [3.05, 3.63) is 0 Å². The molecule has 4 nitrogen and oxygen atoms in total. The lowest BCUT2D eigenvalue weighted by Gasteiger charge is -2.07. The average molecular weight is 232 g/mol. The summed E-state index contributed by atoms with van der Waals surface area (Å²) in [7, 11) is 0. The van der Waals surface area contributed by atoms with Gasteiger partial charge in [-0.25, -0.2) is 0 Å². The molecule has 0 aromatic carbocycles. The highest BCUT2D eigenvalue weighted by Crippen LogP contribution is 1.78. The molecule has 0 aromatic heterocycles. The second-order valence-corrected chi connectivity index (χ2v) is 3.72. The summed E-state index contributed by atoms with van der Waals surface area (Å²) in [5, 5.41) is 6.64. The molecule has 0 amide bonds. The zero-order valence-electron chi connectivity index (χ0n) is 10.9. The minimum Gasteiger partial charge on any atom is -0.380 e. The Bertz CT molecular complexity index is 110. The van der Waals surface area contributed by atoms with Crippen LogP contribution in [0.4, 0.5) is 0 Å². The van der Waals surface area contributed by atoms with Gasteiger partial charge in [-0.2, -0.15) is 0 Å². The summed E-state index contributed by atoms with van der Waals surface area (Å²) < 4.78 is 10.7. The van der Waals surface area contributed by atoms with E-state index in [9.17, 15) is 0 Å². The van der Waals surface area contributed by atoms with Crippen molar-refractivity contribution in [3.8, 4) is 0 Å². The summed E-state index contributed by atoms with van der Waals surface area (Å²) in [5.74, 6) is 0. The second kappa shape index (κ2) is 14.8. The third kappa shape index (κ3) is 13.8. The molecular weight excluding hydrogens is 204 g/mol. The van der Waals surface area contributed by atoms with Crippen molar-refractivity contribution in [3.63, 3.8) is 0 Å². The van der Waals surface area contributed by atoms with Gasteiger partial charge >= 0.3 is 0 Å². The summed E-state index contributed by atoms with van der Waals surface area (Å²) in [6.45, 7) is 11.5. The number of hydrogen-bond donors (Lipinski definition) is 2. The van der Waals surface area contributed by atoms with Gasteiger partial charge in [0.2, 0.25) is 0 Å². The Kier molecular flexibility index (Phi) is 14.7. The highest BCUT2D eigenvalue weighted by molar-refractivity contribution is 4.51. The lowest BCUT2D eigenvalue weighted by Crippen LogP contribution is -2.31. The first kappa shape index (κ1) is 15.8. The van der Waals surface area contributed by atoms with Crippen LogP contribution in [0.1, 0.15) is 26.7 Å². The van der Waals surface area contributed by atoms with Crippen LogP contribution in [0.5, 0.6) is 0 Å². The molecule has 16 heavy (non-hydrogen) atoms. The topological polar surface area (TPSA) is 42.5 Å². The molecule has 0 saturated carbocycles. The smallest absolute Gasteiger partial charge is 0.0590 e. The van der Waals surface area contributed by atoms with Crippen LogP contribution in [-0.2, 0) is 9.47 Å². The minimum absolute atomic E-state index is 0.813. The molecule has 0 unspecified atom stereocenters. The van der Waals surface area contributed by atoms with E-state index in [1.54, 1.807) is 0 Å². The molecule has 0 rings (SSSR count). The molecule has 98 valence electrons. The van der Waals surface area contributed by atoms with Crippen molar-refractivity contribution < 1.29 is 9.47 Å². The molecule has 0 aliphatic carbocycles. The Labute approximate surface area is 100 Å². The minimum atomic E-state index is 0.813. The Morgan fingerprint density at radius 1 is 0.625 bits per heavy atom. The molecule has 0 spiro atoms. The van der Waals surface area contributed by atoms with E-state index in [0.29, 0.717) is 0 Å². The maximum absolute atomic E-state index is 5.35. The van der Waals surface area contributed by atoms with Gasteiger partial charge in [0, 0.05) is 39.4 Å². The molecule has 0 aliphatic rings. The zero-order valence-corrected chi connectivity index (χ0v) is 10.9. The number of rotatable bonds is 13. The Morgan fingerprint density at radius 2 is 1.06 bits per heavy atom. The van der Waals surface area contributed by atoms with Gasteiger partial charge in [0.15, 0.2) is 0 Å². The van der Waals surface area contributed by atoms with Gasteiger partial charge < -0.3 is 20.1 Å². The summed E-state index contributed by atoms with van der Waals surface area (Å²) >= 11 is 0. The van der Waals surface area contributed by atoms with Crippen LogP contribution >= 0.6 is 0 Å². The van der Waals surface area contributed by atoms with Crippen LogP contribution in [0.15, 0.2) is 0 Å². The van der Waals surface area contributed by atoms with E-state index in [2.05, 4.69) is 24.5 Å². The number of ether oxygens (including phenoxy) is 2. The molecule has 0 atom stereocenters. The Hall–Kier alpha value is -0.160. The van der Waals surface area contributed by atoms with Gasteiger partial charge in [-0.3, -0.25) is 0 Å². The van der Waals surface area contributed by atoms with Crippen LogP contribution in [0.3, 0.4) is 0 Å². The van der Waals surface area contributed by atoms with Crippen LogP contribution in [-0.4, -0.2) is 52.6 Å². The first-order chi connectivity index (χ1) is 7.91. The van der Waals surface area contributed by atoms with E-state index in [1.807, 2.05) is 0 Å². The number of nitrogens with one attached hydrogen (secondary N) is 2. The van der Waals surface area contributed by atoms with Crippen LogP contribution in [0, 0.1) is 0 Å². The van der Waals surface area contributed by atoms with Crippen molar-refractivity contribution >= 4 is 0 Å². The molecule has 4 heteroatoms. The molecule has 0 bridgehead atoms. The van der Waals surface area contributed by atoms with Gasteiger partial charge in [0.05, 0.1) is 13.2 Å². The van der Waals surface area contributed by atoms with E-state index < -0.39 is 0 Å². The third-order valence-corrected chi connectivity index (χ3v) is 2.02. The van der Waals surface area contributed by atoms with Crippen LogP contribution < -0.4 is 10.6 Å². The second-order valence-electron chi connectivity index (χ2n) is 3.72. The predicted octanol–water partition coefficient (Wildman–Crippen LogP) is 1.02. The summed E-state index contributed by atoms with van der Waals surface area (Å²) in [4.78, 5) is 0. The van der Waals surface area contributed by atoms with E-state index >= 15 is 0 Å². The van der Waals surface area contributed by atoms with Gasteiger partial charge in [-0.05, 0) is 12.8 Å². The molecule has 0 heterocycles. The van der Waals surface area contributed by atoms with Gasteiger partial charge in [-0.1, -0.05) is 13.8 Å². The maximum Gasteiger partial charge on any atom is 0.0590 e. The fourth-order valence-electron chi connectivity index (χ4n) is 1.21. The standard InChI is InChI=1S/C12H28N2O2/c1-3-9-15-11-7-13-5-6-14-8-12-16-10-4-2/h13-14H,3-12H2,1-2H3. The van der Waals surface area contributed by atoms with Crippen LogP contribution in [0.25, 0.3) is 0 Å². The molecule has 0 aliphatic heterocycles. The first-order valence-corrected chi connectivity index (χ1v) is 6.48. The van der Waals surface area contributed by atoms with E-state index in [1.165, 1.54) is 0 Å². The first-order valence-electron chi connectivity index (χ1n) is 6.48. The Morgan fingerprint density at radius 3 is 1.44 bits per heavy atom. The SMILES string of the molecule is CCCOCCNCCNCCOCCC. The maximum atomic E-state index is 5.35. The third-order valence-electron chi connectivity index (χ3n) is 2.02. The lowest BCUT2D eigenvalue weighted by molar-refractivity contribution is 0.134. The predicted molar refractivity (Wildman–Crippen MR) is 68.0 cm³/mol. The Balaban J connectivity index is 2.83. The van der Waals surface area contributed by atoms with Crippen molar-refractivity contribution in [1.29, 1.82) is 0 Å². The number of hydrogen-bond acceptors (Lipinski definition) is 4. The van der Waals surface area contributed by atoms with E-state index in [-0.39, 0.29) is 0 Å². The largest absolute Gasteiger partial charge is 0.380 e. The van der Waals surface area contributed by atoms with E-state index in [0.717, 1.165) is 65.4 Å². The summed E-state index contributed by atoms with van der Waals surface area (Å²) in [5.41, 5.74) is 0. The van der Waals surface area contributed by atoms with Crippen molar-refractivity contribution in [1.82, 2.24) is 10.6 Å². The van der Waals surface area contributed by atoms with Crippen molar-refractivity contribution in [2.24, 2.45) is 0 Å². The highest BCUT2D eigenvalue weighted by Gasteiger charge is 1.89. The highest BCUT2D eigenvalue weighted by atomic mass is 16.5.